The third kappa shape index (κ3) is 2.77. The first kappa shape index (κ1) is 7.90. The average molecular weight is 299 g/mol. The van der Waals surface area contributed by atoms with Crippen molar-refractivity contribution in [2.75, 3.05) is 31.0 Å². The highest BCUT2D eigenvalue weighted by atomic mass is 16.7. The van der Waals surface area contributed by atoms with Crippen molar-refractivity contribution in [2.24, 2.45) is 0 Å². The second-order valence-corrected chi connectivity index (χ2v) is 5.76. The Morgan fingerprint density at radius 2 is 1.76 bits per heavy atom. The minimum absolute atomic E-state index is 0.111. The molecule has 0 radical (unpaired) electrons. The maximum absolute atomic E-state index is 8.12. The van der Waals surface area contributed by atoms with Crippen LogP contribution in [0.25, 0.3) is 0 Å². The summed E-state index contributed by atoms with van der Waals surface area (Å²) in [5, 5.41) is 0. The van der Waals surface area contributed by atoms with Gasteiger partial charge in [-0.3, -0.25) is 4.98 Å². The molecule has 1 aromatic rings. The topological polar surface area (TPSA) is 56.7 Å². The van der Waals surface area contributed by atoms with Crippen LogP contribution in [0.5, 0.6) is 0 Å². The quantitative estimate of drug-likeness (QED) is 0.746. The van der Waals surface area contributed by atoms with Crippen LogP contribution in [0.2, 0.25) is 0 Å². The van der Waals surface area contributed by atoms with Gasteiger partial charge in [-0.2, -0.15) is 0 Å². The molecule has 1 aromatic heterocycles. The monoisotopic (exact) mass is 299 g/mol. The third-order valence-corrected chi connectivity index (χ3v) is 3.78. The van der Waals surface area contributed by atoms with E-state index in [1.54, 1.807) is 0 Å². The fraction of sp³-hybridized carbons (Fsp3) is 0.714. The number of aromatic nitrogens is 2. The van der Waals surface area contributed by atoms with E-state index < -0.39 is 50.3 Å². The fourth-order valence-electron chi connectivity index (χ4n) is 1.86. The van der Waals surface area contributed by atoms with E-state index in [0.29, 0.717) is 0 Å². The maximum atomic E-state index is 8.12. The van der Waals surface area contributed by atoms with E-state index in [0.717, 1.165) is 6.20 Å². The van der Waals surface area contributed by atoms with Gasteiger partial charge < -0.3 is 18.9 Å². The summed E-state index contributed by atoms with van der Waals surface area (Å²) in [6.07, 6.45) is 2.32. The first-order valence-electron chi connectivity index (χ1n) is 10.5. The number of ether oxygens (including phenoxy) is 1. The molecule has 0 saturated carbocycles. The number of anilines is 1. The standard InChI is InChI=1S/C14H22BN3O3/c1-13(2)14(3,4)21-15(20-13)11-9-16-10-12(17-11)18-5-7-19-8-6-18/h9-10H,5-8H2,1-4H3/i5D2,6D2,7D2,8D2. The van der Waals surface area contributed by atoms with E-state index in [4.69, 9.17) is 20.3 Å². The summed E-state index contributed by atoms with van der Waals surface area (Å²) in [4.78, 5) is 8.39. The lowest BCUT2D eigenvalue weighted by Crippen LogP contribution is -2.41. The van der Waals surface area contributed by atoms with E-state index in [9.17, 15) is 0 Å². The Labute approximate surface area is 137 Å². The van der Waals surface area contributed by atoms with Crippen molar-refractivity contribution < 1.29 is 25.0 Å². The summed E-state index contributed by atoms with van der Waals surface area (Å²) in [6.45, 7) is -5.26. The highest BCUT2D eigenvalue weighted by molar-refractivity contribution is 6.61. The molecule has 2 fully saturated rings. The van der Waals surface area contributed by atoms with Crippen molar-refractivity contribution in [1.29, 1.82) is 0 Å². The number of rotatable bonds is 2. The van der Waals surface area contributed by atoms with Crippen LogP contribution in [0.3, 0.4) is 0 Å². The van der Waals surface area contributed by atoms with Gasteiger partial charge in [-0.05, 0) is 27.7 Å². The highest BCUT2D eigenvalue weighted by Gasteiger charge is 2.52. The summed E-state index contributed by atoms with van der Waals surface area (Å²) in [7, 11) is -0.973. The normalized spacial score (nSPS) is 39.6. The second kappa shape index (κ2) is 5.23. The Bertz CT molecular complexity index is 781. The van der Waals surface area contributed by atoms with Crippen LogP contribution in [0.4, 0.5) is 5.82 Å². The molecule has 0 spiro atoms. The van der Waals surface area contributed by atoms with Crippen LogP contribution in [0.15, 0.2) is 12.4 Å². The molecule has 2 saturated heterocycles. The zero-order valence-corrected chi connectivity index (χ0v) is 12.3. The van der Waals surface area contributed by atoms with Crippen LogP contribution < -0.4 is 10.5 Å². The minimum atomic E-state index is -3.18. The van der Waals surface area contributed by atoms with Crippen LogP contribution in [-0.2, 0) is 14.0 Å². The Morgan fingerprint density at radius 1 is 1.14 bits per heavy atom. The van der Waals surface area contributed by atoms with Crippen molar-refractivity contribution in [3.63, 3.8) is 0 Å². The molecule has 0 N–H and O–H groups in total. The fourth-order valence-corrected chi connectivity index (χ4v) is 1.86. The summed E-state index contributed by atoms with van der Waals surface area (Å²) < 4.78 is 79.9. The molecule has 0 bridgehead atoms. The molecule has 0 amide bonds. The number of hydrogen-bond donors (Lipinski definition) is 0. The molecule has 6 nitrogen and oxygen atoms in total. The van der Waals surface area contributed by atoms with Crippen LogP contribution in [-0.4, -0.2) is 54.4 Å². The lowest BCUT2D eigenvalue weighted by molar-refractivity contribution is 0.00578. The Morgan fingerprint density at radius 3 is 2.38 bits per heavy atom. The molecule has 2 aliphatic heterocycles. The number of nitrogens with zero attached hydrogens (tertiary/aromatic N) is 3. The van der Waals surface area contributed by atoms with Gasteiger partial charge in [0.1, 0.15) is 5.82 Å². The Kier molecular flexibility index (Phi) is 1.97. The van der Waals surface area contributed by atoms with Crippen LogP contribution >= 0.6 is 0 Å². The molecule has 114 valence electrons. The average Bonchev–Trinajstić information content (AvgIpc) is 2.73. The van der Waals surface area contributed by atoms with E-state index in [2.05, 4.69) is 14.7 Å². The largest absolute Gasteiger partial charge is 0.516 e. The van der Waals surface area contributed by atoms with Gasteiger partial charge in [-0.1, -0.05) is 0 Å². The van der Waals surface area contributed by atoms with Crippen molar-refractivity contribution >= 4 is 18.5 Å². The molecular formula is C14H22BN3O3. The Hall–Kier alpha value is -1.18. The molecule has 3 rings (SSSR count). The molecule has 21 heavy (non-hydrogen) atoms. The molecule has 0 atom stereocenters. The first-order valence-corrected chi connectivity index (χ1v) is 6.54. The predicted molar refractivity (Wildman–Crippen MR) is 80.8 cm³/mol. The zero-order chi connectivity index (χ0) is 22.3. The number of hydrogen-bond acceptors (Lipinski definition) is 6. The molecular weight excluding hydrogens is 269 g/mol. The summed E-state index contributed by atoms with van der Waals surface area (Å²) in [5.41, 5.74) is -1.26. The van der Waals surface area contributed by atoms with Crippen LogP contribution in [0, 0.1) is 0 Å². The highest BCUT2D eigenvalue weighted by Crippen LogP contribution is 2.36. The molecule has 2 aliphatic rings. The van der Waals surface area contributed by atoms with Gasteiger partial charge in [-0.25, -0.2) is 4.98 Å². The number of morpholine rings is 1. The lowest BCUT2D eigenvalue weighted by Gasteiger charge is -2.32. The van der Waals surface area contributed by atoms with Gasteiger partial charge in [0.2, 0.25) is 0 Å². The molecule has 0 unspecified atom stereocenters. The van der Waals surface area contributed by atoms with Crippen molar-refractivity contribution in [1.82, 2.24) is 9.97 Å². The Balaban J connectivity index is 2.07. The molecule has 7 heteroatoms. The van der Waals surface area contributed by atoms with E-state index in [-0.39, 0.29) is 10.5 Å². The summed E-state index contributed by atoms with van der Waals surface area (Å²) in [6, 6.07) is 0. The van der Waals surface area contributed by atoms with Crippen LogP contribution in [0.1, 0.15) is 38.7 Å². The summed E-state index contributed by atoms with van der Waals surface area (Å²) >= 11 is 0. The van der Waals surface area contributed by atoms with Gasteiger partial charge in [0, 0.05) is 19.2 Å². The van der Waals surface area contributed by atoms with E-state index in [1.165, 1.54) is 6.20 Å². The minimum Gasteiger partial charge on any atom is -0.398 e. The molecule has 3 heterocycles. The molecule has 0 aromatic carbocycles. The van der Waals surface area contributed by atoms with E-state index >= 15 is 0 Å². The SMILES string of the molecule is [2H]C1([2H])OC([2H])([2H])C([2H])([2H])N(c2cncc(B3OC(C)(C)C(C)(C)O3)n2)C1([2H])[2H]. The van der Waals surface area contributed by atoms with Gasteiger partial charge in [-0.15, -0.1) is 0 Å². The first-order chi connectivity index (χ1) is 12.9. The predicted octanol–water partition coefficient (Wildman–Crippen LogP) is 0.612. The lowest BCUT2D eigenvalue weighted by atomic mass is 9.85. The maximum Gasteiger partial charge on any atom is 0.516 e. The van der Waals surface area contributed by atoms with Gasteiger partial charge in [0.15, 0.2) is 0 Å². The zero-order valence-electron chi connectivity index (χ0n) is 20.3. The van der Waals surface area contributed by atoms with Crippen molar-refractivity contribution in [3.05, 3.63) is 12.4 Å². The smallest absolute Gasteiger partial charge is 0.398 e. The van der Waals surface area contributed by atoms with Crippen molar-refractivity contribution in [3.8, 4) is 0 Å². The van der Waals surface area contributed by atoms with Crippen molar-refractivity contribution in [2.45, 2.75) is 38.9 Å². The molecule has 0 aliphatic carbocycles. The van der Waals surface area contributed by atoms with Gasteiger partial charge in [0.25, 0.3) is 0 Å². The second-order valence-electron chi connectivity index (χ2n) is 5.76. The summed E-state index contributed by atoms with van der Waals surface area (Å²) in [5.74, 6) is -0.428. The van der Waals surface area contributed by atoms with Gasteiger partial charge >= 0.3 is 7.12 Å². The van der Waals surface area contributed by atoms with E-state index in [1.807, 2.05) is 27.7 Å². The third-order valence-electron chi connectivity index (χ3n) is 3.78. The van der Waals surface area contributed by atoms with Gasteiger partial charge in [0.05, 0.1) is 47.1 Å².